The summed E-state index contributed by atoms with van der Waals surface area (Å²) >= 11 is 0. The highest BCUT2D eigenvalue weighted by molar-refractivity contribution is 5.96. The standard InChI is InChI=1S/C26H25NO7/c1-13-15(3)33-22-12-23-20(11-19(13)22)14(2)18(26(32)34-23)8-9-24(29)27-21(25(30)31)10-16-4-6-17(28)7-5-16/h4-7,11-12,21,28H,8-10H2,1-3H3,(H,27,29)(H,30,31). The van der Waals surface area contributed by atoms with E-state index >= 15 is 0 Å². The highest BCUT2D eigenvalue weighted by atomic mass is 16.4. The molecule has 176 valence electrons. The number of nitrogens with one attached hydrogen (secondary N) is 1. The summed E-state index contributed by atoms with van der Waals surface area (Å²) in [5.41, 5.74) is 3.30. The third-order valence-corrected chi connectivity index (χ3v) is 6.19. The second-order valence-electron chi connectivity index (χ2n) is 8.45. The van der Waals surface area contributed by atoms with Crippen LogP contribution in [-0.4, -0.2) is 28.1 Å². The number of hydrogen-bond donors (Lipinski definition) is 3. The van der Waals surface area contributed by atoms with Crippen LogP contribution in [0.15, 0.2) is 50.0 Å². The van der Waals surface area contributed by atoms with Gasteiger partial charge < -0.3 is 24.4 Å². The molecule has 1 unspecified atom stereocenters. The van der Waals surface area contributed by atoms with Crippen molar-refractivity contribution in [2.75, 3.05) is 0 Å². The Hall–Kier alpha value is -4.07. The average molecular weight is 463 g/mol. The Labute approximate surface area is 194 Å². The van der Waals surface area contributed by atoms with Gasteiger partial charge in [-0.2, -0.15) is 0 Å². The van der Waals surface area contributed by atoms with Crippen molar-refractivity contribution < 1.29 is 28.6 Å². The molecule has 0 fully saturated rings. The van der Waals surface area contributed by atoms with Crippen LogP contribution < -0.4 is 10.9 Å². The van der Waals surface area contributed by atoms with Gasteiger partial charge >= 0.3 is 11.6 Å². The van der Waals surface area contributed by atoms with E-state index in [0.717, 1.165) is 27.7 Å². The maximum Gasteiger partial charge on any atom is 0.339 e. The van der Waals surface area contributed by atoms with Crippen molar-refractivity contribution >= 4 is 33.8 Å². The summed E-state index contributed by atoms with van der Waals surface area (Å²) in [6.45, 7) is 5.65. The number of hydrogen-bond acceptors (Lipinski definition) is 6. The number of phenols is 1. The van der Waals surface area contributed by atoms with Crippen LogP contribution >= 0.6 is 0 Å². The van der Waals surface area contributed by atoms with Crippen molar-refractivity contribution in [2.24, 2.45) is 0 Å². The molecule has 0 aliphatic heterocycles. The third kappa shape index (κ3) is 4.52. The van der Waals surface area contributed by atoms with Crippen LogP contribution in [0.25, 0.3) is 21.9 Å². The fourth-order valence-electron chi connectivity index (χ4n) is 4.09. The van der Waals surface area contributed by atoms with Gasteiger partial charge in [0, 0.05) is 35.2 Å². The quantitative estimate of drug-likeness (QED) is 0.354. The largest absolute Gasteiger partial charge is 0.508 e. The lowest BCUT2D eigenvalue weighted by atomic mass is 10.00. The van der Waals surface area contributed by atoms with Gasteiger partial charge in [0.25, 0.3) is 0 Å². The first-order valence-electron chi connectivity index (χ1n) is 10.9. The van der Waals surface area contributed by atoms with Crippen molar-refractivity contribution in [3.05, 3.63) is 74.8 Å². The highest BCUT2D eigenvalue weighted by Gasteiger charge is 2.21. The van der Waals surface area contributed by atoms with Gasteiger partial charge in [0.2, 0.25) is 5.91 Å². The molecule has 1 amide bonds. The van der Waals surface area contributed by atoms with E-state index < -0.39 is 23.5 Å². The Morgan fingerprint density at radius 2 is 1.62 bits per heavy atom. The lowest BCUT2D eigenvalue weighted by Crippen LogP contribution is -2.42. The normalized spacial score (nSPS) is 12.2. The average Bonchev–Trinajstić information content (AvgIpc) is 3.06. The first-order valence-corrected chi connectivity index (χ1v) is 10.9. The Balaban J connectivity index is 1.52. The number of furan rings is 1. The molecule has 0 aliphatic rings. The summed E-state index contributed by atoms with van der Waals surface area (Å²) in [5.74, 6) is -0.787. The van der Waals surface area contributed by atoms with Crippen LogP contribution in [0.4, 0.5) is 0 Å². The fourth-order valence-corrected chi connectivity index (χ4v) is 4.09. The van der Waals surface area contributed by atoms with Crippen molar-refractivity contribution in [1.29, 1.82) is 0 Å². The molecular weight excluding hydrogens is 438 g/mol. The summed E-state index contributed by atoms with van der Waals surface area (Å²) in [5, 5.41) is 23.1. The van der Waals surface area contributed by atoms with Crippen LogP contribution in [-0.2, 0) is 22.4 Å². The molecule has 0 saturated heterocycles. The number of carboxylic acid groups (broad SMARTS) is 1. The molecule has 0 aliphatic carbocycles. The number of phenolic OH excluding ortho intramolecular Hbond substituents is 1. The Morgan fingerprint density at radius 3 is 2.29 bits per heavy atom. The Bertz CT molecular complexity index is 1460. The van der Waals surface area contributed by atoms with E-state index in [2.05, 4.69) is 5.32 Å². The van der Waals surface area contributed by atoms with Crippen molar-refractivity contribution in [3.63, 3.8) is 0 Å². The van der Waals surface area contributed by atoms with Crippen LogP contribution in [0.2, 0.25) is 0 Å². The van der Waals surface area contributed by atoms with Gasteiger partial charge in [-0.25, -0.2) is 9.59 Å². The number of benzene rings is 2. The van der Waals surface area contributed by atoms with Gasteiger partial charge in [0.05, 0.1) is 0 Å². The smallest absolute Gasteiger partial charge is 0.339 e. The minimum Gasteiger partial charge on any atom is -0.508 e. The number of aromatic hydroxyl groups is 1. The fraction of sp³-hybridized carbons (Fsp3) is 0.269. The van der Waals surface area contributed by atoms with Crippen LogP contribution in [0.3, 0.4) is 0 Å². The van der Waals surface area contributed by atoms with Gasteiger partial charge in [0.15, 0.2) is 0 Å². The van der Waals surface area contributed by atoms with Crippen LogP contribution in [0, 0.1) is 20.8 Å². The van der Waals surface area contributed by atoms with Gasteiger partial charge in [-0.05, 0) is 62.1 Å². The predicted octanol–water partition coefficient (Wildman–Crippen LogP) is 3.91. The topological polar surface area (TPSA) is 130 Å². The molecule has 34 heavy (non-hydrogen) atoms. The predicted molar refractivity (Wildman–Crippen MR) is 126 cm³/mol. The molecule has 2 aromatic carbocycles. The molecule has 8 heteroatoms. The monoisotopic (exact) mass is 463 g/mol. The maximum atomic E-state index is 12.6. The van der Waals surface area contributed by atoms with E-state index in [1.807, 2.05) is 26.8 Å². The van der Waals surface area contributed by atoms with Gasteiger partial charge in [0.1, 0.15) is 28.7 Å². The van der Waals surface area contributed by atoms with E-state index in [-0.39, 0.29) is 25.0 Å². The number of carboxylic acids is 1. The molecular formula is C26H25NO7. The summed E-state index contributed by atoms with van der Waals surface area (Å²) in [7, 11) is 0. The number of fused-ring (bicyclic) bond motifs is 2. The third-order valence-electron chi connectivity index (χ3n) is 6.19. The molecule has 2 heterocycles. The minimum atomic E-state index is -1.17. The number of amides is 1. The lowest BCUT2D eigenvalue weighted by Gasteiger charge is -2.15. The van der Waals surface area contributed by atoms with Gasteiger partial charge in [-0.3, -0.25) is 4.79 Å². The van der Waals surface area contributed by atoms with Gasteiger partial charge in [-0.15, -0.1) is 0 Å². The number of rotatable bonds is 7. The molecule has 3 N–H and O–H groups in total. The highest BCUT2D eigenvalue weighted by Crippen LogP contribution is 2.31. The molecule has 0 spiro atoms. The van der Waals surface area contributed by atoms with E-state index in [0.29, 0.717) is 22.3 Å². The maximum absolute atomic E-state index is 12.6. The summed E-state index contributed by atoms with van der Waals surface area (Å²) in [6.07, 6.45) is 0.115. The SMILES string of the molecule is Cc1oc2cc3oc(=O)c(CCC(=O)NC(Cc4ccc(O)cc4)C(=O)O)c(C)c3cc2c1C. The summed E-state index contributed by atoms with van der Waals surface area (Å²) < 4.78 is 11.2. The zero-order chi connectivity index (χ0) is 24.6. The van der Waals surface area contributed by atoms with E-state index in [4.69, 9.17) is 8.83 Å². The number of aliphatic carboxylic acids is 1. The molecule has 4 aromatic rings. The number of carbonyl (C=O) groups excluding carboxylic acids is 1. The first-order chi connectivity index (χ1) is 16.1. The first kappa shape index (κ1) is 23.1. The summed E-state index contributed by atoms with van der Waals surface area (Å²) in [4.78, 5) is 36.8. The van der Waals surface area contributed by atoms with Crippen molar-refractivity contribution in [3.8, 4) is 5.75 Å². The Morgan fingerprint density at radius 1 is 0.971 bits per heavy atom. The molecule has 2 aromatic heterocycles. The summed E-state index contributed by atoms with van der Waals surface area (Å²) in [6, 6.07) is 8.61. The van der Waals surface area contributed by atoms with Crippen LogP contribution in [0.5, 0.6) is 5.75 Å². The molecule has 0 saturated carbocycles. The van der Waals surface area contributed by atoms with Gasteiger partial charge in [-0.1, -0.05) is 12.1 Å². The molecule has 4 rings (SSSR count). The molecule has 0 radical (unpaired) electrons. The second kappa shape index (κ2) is 9.05. The van der Waals surface area contributed by atoms with Crippen molar-refractivity contribution in [2.45, 2.75) is 46.1 Å². The number of aryl methyl sites for hydroxylation is 3. The zero-order valence-electron chi connectivity index (χ0n) is 19.1. The van der Waals surface area contributed by atoms with E-state index in [1.165, 1.54) is 12.1 Å². The number of carbonyl (C=O) groups is 2. The van der Waals surface area contributed by atoms with Crippen molar-refractivity contribution in [1.82, 2.24) is 5.32 Å². The Kier molecular flexibility index (Phi) is 6.15. The van der Waals surface area contributed by atoms with E-state index in [1.54, 1.807) is 18.2 Å². The second-order valence-corrected chi connectivity index (χ2v) is 8.45. The zero-order valence-corrected chi connectivity index (χ0v) is 19.1. The molecule has 1 atom stereocenters. The van der Waals surface area contributed by atoms with Crippen LogP contribution in [0.1, 0.15) is 34.4 Å². The molecule has 8 nitrogen and oxygen atoms in total. The minimum absolute atomic E-state index is 0.0669. The molecule has 0 bridgehead atoms. The van der Waals surface area contributed by atoms with E-state index in [9.17, 15) is 24.6 Å². The lowest BCUT2D eigenvalue weighted by molar-refractivity contribution is -0.141.